The minimum absolute atomic E-state index is 0.159. The van der Waals surface area contributed by atoms with Crippen LogP contribution in [0.3, 0.4) is 0 Å². The number of rotatable bonds is 9. The second-order valence-corrected chi connectivity index (χ2v) is 8.48. The number of amides is 2. The van der Waals surface area contributed by atoms with E-state index in [1.807, 2.05) is 72.8 Å². The highest BCUT2D eigenvalue weighted by Crippen LogP contribution is 2.19. The molecule has 31 heavy (non-hydrogen) atoms. The molecule has 0 heterocycles. The maximum Gasteiger partial charge on any atom is 0.407 e. The number of nitrogens with one attached hydrogen (secondary N) is 2. The van der Waals surface area contributed by atoms with Crippen LogP contribution in [0, 0.1) is 5.41 Å². The molecule has 2 aromatic rings. The molecule has 2 rings (SSSR count). The first-order valence-electron chi connectivity index (χ1n) is 10.5. The van der Waals surface area contributed by atoms with Crippen LogP contribution in [-0.2, 0) is 22.6 Å². The molecule has 0 fully saturated rings. The van der Waals surface area contributed by atoms with E-state index in [2.05, 4.69) is 37.5 Å². The molecular weight excluding hydrogens is 388 g/mol. The topological polar surface area (TPSA) is 67.4 Å². The van der Waals surface area contributed by atoms with Crippen LogP contribution < -0.4 is 10.6 Å². The van der Waals surface area contributed by atoms with Crippen LogP contribution >= 0.6 is 0 Å². The number of carbonyl (C=O) groups is 2. The molecule has 164 valence electrons. The van der Waals surface area contributed by atoms with Crippen molar-refractivity contribution in [2.45, 2.75) is 40.2 Å². The molecular formula is C26H32N2O3. The Hall–Kier alpha value is -3.34. The van der Waals surface area contributed by atoms with Crippen molar-refractivity contribution in [2.75, 3.05) is 6.54 Å². The van der Waals surface area contributed by atoms with E-state index in [9.17, 15) is 9.59 Å². The van der Waals surface area contributed by atoms with Crippen LogP contribution in [0.1, 0.15) is 38.3 Å². The standard InChI is InChI=1S/C26H32N2O3/c1-26(2,3)18-10-15-23(17-16-21-11-6-4-7-12-21)28-24(29)19-27-25(30)31-20-22-13-8-5-9-14-22/h4-15,17H,16,18-20H2,1-3H3,(H,27,30)(H,28,29). The van der Waals surface area contributed by atoms with Gasteiger partial charge >= 0.3 is 6.09 Å². The summed E-state index contributed by atoms with van der Waals surface area (Å²) in [4.78, 5) is 24.2. The molecule has 0 bridgehead atoms. The Balaban J connectivity index is 1.87. The van der Waals surface area contributed by atoms with E-state index in [1.54, 1.807) is 0 Å². The fourth-order valence-electron chi connectivity index (χ4n) is 2.67. The summed E-state index contributed by atoms with van der Waals surface area (Å²) < 4.78 is 5.13. The molecule has 0 atom stereocenters. The lowest BCUT2D eigenvalue weighted by Crippen LogP contribution is -2.36. The molecule has 0 aliphatic rings. The Kier molecular flexibility index (Phi) is 9.56. The molecule has 2 N–H and O–H groups in total. The maximum absolute atomic E-state index is 12.3. The van der Waals surface area contributed by atoms with Crippen molar-refractivity contribution in [3.05, 3.63) is 95.7 Å². The summed E-state index contributed by atoms with van der Waals surface area (Å²) in [5, 5.41) is 5.36. The van der Waals surface area contributed by atoms with Crippen molar-refractivity contribution >= 4 is 12.0 Å². The van der Waals surface area contributed by atoms with Crippen LogP contribution in [0.25, 0.3) is 0 Å². The molecule has 0 saturated heterocycles. The third-order valence-electron chi connectivity index (χ3n) is 4.32. The lowest BCUT2D eigenvalue weighted by atomic mass is 9.92. The van der Waals surface area contributed by atoms with Gasteiger partial charge in [-0.05, 0) is 35.5 Å². The molecule has 0 aromatic heterocycles. The third-order valence-corrected chi connectivity index (χ3v) is 4.32. The largest absolute Gasteiger partial charge is 0.445 e. The van der Waals surface area contributed by atoms with Crippen LogP contribution in [-0.4, -0.2) is 18.5 Å². The molecule has 0 saturated carbocycles. The number of benzene rings is 2. The van der Waals surface area contributed by atoms with Gasteiger partial charge in [-0.1, -0.05) is 93.6 Å². The van der Waals surface area contributed by atoms with Crippen molar-refractivity contribution in [2.24, 2.45) is 5.41 Å². The maximum atomic E-state index is 12.3. The molecule has 0 aliphatic heterocycles. The zero-order valence-electron chi connectivity index (χ0n) is 18.6. The van der Waals surface area contributed by atoms with Gasteiger partial charge in [-0.15, -0.1) is 0 Å². The van der Waals surface area contributed by atoms with Gasteiger partial charge in [0.15, 0.2) is 0 Å². The van der Waals surface area contributed by atoms with Gasteiger partial charge < -0.3 is 15.4 Å². The Labute approximate surface area is 185 Å². The van der Waals surface area contributed by atoms with Crippen molar-refractivity contribution < 1.29 is 14.3 Å². The third kappa shape index (κ3) is 10.8. The predicted octanol–water partition coefficient (Wildman–Crippen LogP) is 5.15. The summed E-state index contributed by atoms with van der Waals surface area (Å²) >= 11 is 0. The average Bonchev–Trinajstić information content (AvgIpc) is 2.75. The Morgan fingerprint density at radius 3 is 2.16 bits per heavy atom. The van der Waals surface area contributed by atoms with E-state index in [0.29, 0.717) is 12.1 Å². The zero-order chi connectivity index (χ0) is 22.5. The van der Waals surface area contributed by atoms with Crippen LogP contribution in [0.15, 0.2) is 84.6 Å². The second kappa shape index (κ2) is 12.4. The summed E-state index contributed by atoms with van der Waals surface area (Å²) in [5.41, 5.74) is 2.91. The smallest absolute Gasteiger partial charge is 0.407 e. The van der Waals surface area contributed by atoms with Crippen molar-refractivity contribution in [3.63, 3.8) is 0 Å². The Morgan fingerprint density at radius 1 is 0.935 bits per heavy atom. The van der Waals surface area contributed by atoms with Crippen LogP contribution in [0.5, 0.6) is 0 Å². The molecule has 0 unspecified atom stereocenters. The van der Waals surface area contributed by atoms with E-state index in [0.717, 1.165) is 17.5 Å². The van der Waals surface area contributed by atoms with Crippen LogP contribution in [0.4, 0.5) is 4.79 Å². The molecule has 0 radical (unpaired) electrons. The SMILES string of the molecule is CC(C)(C)CC=CC(=CCc1ccccc1)NC(=O)CNC(=O)OCc1ccccc1. The number of hydrogen-bond donors (Lipinski definition) is 2. The molecule has 5 nitrogen and oxygen atoms in total. The molecule has 0 spiro atoms. The molecule has 2 amide bonds. The first-order chi connectivity index (χ1) is 14.8. The number of hydrogen-bond acceptors (Lipinski definition) is 3. The van der Waals surface area contributed by atoms with Gasteiger partial charge in [0.25, 0.3) is 0 Å². The van der Waals surface area contributed by atoms with Gasteiger partial charge in [-0.2, -0.15) is 0 Å². The quantitative estimate of drug-likeness (QED) is 0.552. The number of alkyl carbamates (subject to hydrolysis) is 1. The van der Waals surface area contributed by atoms with Crippen molar-refractivity contribution in [3.8, 4) is 0 Å². The molecule has 0 aliphatic carbocycles. The number of allylic oxidation sites excluding steroid dienone is 3. The summed E-state index contributed by atoms with van der Waals surface area (Å²) in [5.74, 6) is -0.309. The van der Waals surface area contributed by atoms with E-state index >= 15 is 0 Å². The Bertz CT molecular complexity index is 882. The van der Waals surface area contributed by atoms with E-state index < -0.39 is 6.09 Å². The van der Waals surface area contributed by atoms with Gasteiger partial charge in [0.2, 0.25) is 5.91 Å². The fraction of sp³-hybridized carbons (Fsp3) is 0.308. The first-order valence-corrected chi connectivity index (χ1v) is 10.5. The summed E-state index contributed by atoms with van der Waals surface area (Å²) in [6.07, 6.45) is 6.90. The molecule has 5 heteroatoms. The van der Waals surface area contributed by atoms with Crippen molar-refractivity contribution in [1.29, 1.82) is 0 Å². The first kappa shape index (κ1) is 23.9. The normalized spacial score (nSPS) is 11.9. The van der Waals surface area contributed by atoms with E-state index in [4.69, 9.17) is 4.74 Å². The monoisotopic (exact) mass is 420 g/mol. The van der Waals surface area contributed by atoms with Gasteiger partial charge in [0.05, 0.1) is 0 Å². The predicted molar refractivity (Wildman–Crippen MR) is 124 cm³/mol. The minimum Gasteiger partial charge on any atom is -0.445 e. The van der Waals surface area contributed by atoms with E-state index in [-0.39, 0.29) is 24.5 Å². The highest BCUT2D eigenvalue weighted by Gasteiger charge is 2.09. The van der Waals surface area contributed by atoms with Gasteiger partial charge in [-0.3, -0.25) is 4.79 Å². The highest BCUT2D eigenvalue weighted by molar-refractivity contribution is 5.83. The summed E-state index contributed by atoms with van der Waals surface area (Å²) in [6, 6.07) is 19.4. The lowest BCUT2D eigenvalue weighted by Gasteiger charge is -2.15. The van der Waals surface area contributed by atoms with Crippen molar-refractivity contribution in [1.82, 2.24) is 10.6 Å². The highest BCUT2D eigenvalue weighted by atomic mass is 16.5. The zero-order valence-corrected chi connectivity index (χ0v) is 18.6. The van der Waals surface area contributed by atoms with Crippen LogP contribution in [0.2, 0.25) is 0 Å². The average molecular weight is 421 g/mol. The van der Waals surface area contributed by atoms with E-state index in [1.165, 1.54) is 0 Å². The van der Waals surface area contributed by atoms with Gasteiger partial charge in [0.1, 0.15) is 13.2 Å². The summed E-state index contributed by atoms with van der Waals surface area (Å²) in [6.45, 7) is 6.48. The van der Waals surface area contributed by atoms with Gasteiger partial charge in [-0.25, -0.2) is 4.79 Å². The number of ether oxygens (including phenoxy) is 1. The number of carbonyl (C=O) groups excluding carboxylic acids is 2. The minimum atomic E-state index is -0.628. The fourth-order valence-corrected chi connectivity index (χ4v) is 2.67. The lowest BCUT2D eigenvalue weighted by molar-refractivity contribution is -0.119. The van der Waals surface area contributed by atoms with Gasteiger partial charge in [0, 0.05) is 5.70 Å². The summed E-state index contributed by atoms with van der Waals surface area (Å²) in [7, 11) is 0. The Morgan fingerprint density at radius 2 is 1.55 bits per heavy atom. The molecule has 2 aromatic carbocycles. The second-order valence-electron chi connectivity index (χ2n) is 8.48.